The maximum Gasteiger partial charge on any atom is 0.187 e. The Morgan fingerprint density at radius 3 is 2.20 bits per heavy atom. The Labute approximate surface area is 266 Å². The van der Waals surface area contributed by atoms with Gasteiger partial charge in [0.05, 0.1) is 32.0 Å². The second-order valence-corrected chi connectivity index (χ2v) is 17.1. The van der Waals surface area contributed by atoms with E-state index in [1.807, 2.05) is 0 Å². The van der Waals surface area contributed by atoms with Gasteiger partial charge in [-0.3, -0.25) is 4.79 Å². The van der Waals surface area contributed by atoms with E-state index in [1.165, 1.54) is 5.57 Å². The van der Waals surface area contributed by atoms with E-state index in [1.54, 1.807) is 0 Å². The first kappa shape index (κ1) is 33.9. The van der Waals surface area contributed by atoms with Crippen LogP contribution >= 0.6 is 0 Å². The topological polar surface area (TPSA) is 177 Å². The maximum atomic E-state index is 13.8. The van der Waals surface area contributed by atoms with E-state index in [2.05, 4.69) is 40.7 Å². The zero-order valence-electron chi connectivity index (χ0n) is 27.6. The van der Waals surface area contributed by atoms with Gasteiger partial charge in [0.2, 0.25) is 0 Å². The molecule has 10 nitrogen and oxygen atoms in total. The summed E-state index contributed by atoms with van der Waals surface area (Å²) >= 11 is 0. The Hall–Kier alpha value is -0.950. The highest BCUT2D eigenvalue weighted by Crippen LogP contribution is 2.74. The molecular weight excluding hydrogens is 580 g/mol. The van der Waals surface area contributed by atoms with Crippen molar-refractivity contribution in [2.24, 2.45) is 50.7 Å². The SMILES string of the molecule is CC1(C)CCC2C(=O)CC3(C)C(=CCC4C5(C)CC(O)C(OC6OC(CO)C(O)C(O)C6O)C(CO)(CO)C5CCC43C)C2C1. The van der Waals surface area contributed by atoms with E-state index < -0.39 is 73.6 Å². The number of hydrogen-bond acceptors (Lipinski definition) is 10. The highest BCUT2D eigenvalue weighted by atomic mass is 16.7. The van der Waals surface area contributed by atoms with Crippen LogP contribution < -0.4 is 0 Å². The van der Waals surface area contributed by atoms with Crippen LogP contribution in [-0.4, -0.2) is 104 Å². The van der Waals surface area contributed by atoms with Gasteiger partial charge in [0, 0.05) is 23.2 Å². The van der Waals surface area contributed by atoms with Crippen LogP contribution in [0.5, 0.6) is 0 Å². The molecule has 1 aliphatic heterocycles. The van der Waals surface area contributed by atoms with E-state index in [-0.39, 0.29) is 39.9 Å². The van der Waals surface area contributed by atoms with Gasteiger partial charge < -0.3 is 45.2 Å². The molecule has 0 aromatic heterocycles. The van der Waals surface area contributed by atoms with Gasteiger partial charge in [-0.05, 0) is 78.9 Å². The molecule has 45 heavy (non-hydrogen) atoms. The molecule has 7 N–H and O–H groups in total. The minimum atomic E-state index is -1.67. The maximum absolute atomic E-state index is 13.8. The molecule has 14 unspecified atom stereocenters. The summed E-state index contributed by atoms with van der Waals surface area (Å²) in [5.74, 6) is 0.526. The average Bonchev–Trinajstić information content (AvgIpc) is 2.97. The molecule has 1 saturated heterocycles. The summed E-state index contributed by atoms with van der Waals surface area (Å²) in [5.41, 5.74) is -0.775. The normalized spacial score (nSPS) is 52.1. The summed E-state index contributed by atoms with van der Waals surface area (Å²) in [6.45, 7) is 9.82. The van der Waals surface area contributed by atoms with Crippen molar-refractivity contribution in [1.82, 2.24) is 0 Å². The molecule has 0 amide bonds. The number of allylic oxidation sites excluding steroid dienone is 2. The van der Waals surface area contributed by atoms with Crippen LogP contribution in [0.3, 0.4) is 0 Å². The van der Waals surface area contributed by atoms with Gasteiger partial charge in [0.25, 0.3) is 0 Å². The van der Waals surface area contributed by atoms with E-state index >= 15 is 0 Å². The summed E-state index contributed by atoms with van der Waals surface area (Å²) in [5, 5.41) is 74.9. The summed E-state index contributed by atoms with van der Waals surface area (Å²) < 4.78 is 11.8. The summed E-state index contributed by atoms with van der Waals surface area (Å²) in [7, 11) is 0. The van der Waals surface area contributed by atoms with Gasteiger partial charge in [0.1, 0.15) is 30.2 Å². The Bertz CT molecular complexity index is 1180. The lowest BCUT2D eigenvalue weighted by molar-refractivity contribution is -0.349. The van der Waals surface area contributed by atoms with Crippen molar-refractivity contribution in [1.29, 1.82) is 0 Å². The zero-order chi connectivity index (χ0) is 32.9. The zero-order valence-corrected chi connectivity index (χ0v) is 27.6. The number of Topliss-reactive ketones (excluding diaryl/α,β-unsaturated/α-hetero) is 1. The molecule has 0 bridgehead atoms. The number of hydrogen-bond donors (Lipinski definition) is 7. The van der Waals surface area contributed by atoms with E-state index in [9.17, 15) is 40.5 Å². The number of carbonyl (C=O) groups excluding carboxylic acids is 1. The third-order valence-corrected chi connectivity index (χ3v) is 14.5. The molecule has 0 aromatic carbocycles. The third kappa shape index (κ3) is 4.71. The molecule has 1 heterocycles. The lowest BCUT2D eigenvalue weighted by Gasteiger charge is -2.71. The van der Waals surface area contributed by atoms with Gasteiger partial charge >= 0.3 is 0 Å². The lowest BCUT2D eigenvalue weighted by Crippen LogP contribution is -2.71. The molecule has 10 heteroatoms. The fourth-order valence-electron chi connectivity index (χ4n) is 11.9. The van der Waals surface area contributed by atoms with Gasteiger partial charge in [-0.2, -0.15) is 0 Å². The quantitative estimate of drug-likeness (QED) is 0.174. The van der Waals surface area contributed by atoms with E-state index in [0.717, 1.165) is 32.1 Å². The predicted octanol–water partition coefficient (Wildman–Crippen LogP) is 1.70. The molecule has 14 atom stereocenters. The number of rotatable bonds is 5. The minimum absolute atomic E-state index is 0.0683. The van der Waals surface area contributed by atoms with Crippen LogP contribution in [0.15, 0.2) is 11.6 Å². The Kier molecular flexibility index (Phi) is 8.53. The minimum Gasteiger partial charge on any atom is -0.396 e. The molecule has 6 rings (SSSR count). The lowest BCUT2D eigenvalue weighted by atomic mass is 9.34. The molecule has 256 valence electrons. The van der Waals surface area contributed by atoms with Crippen molar-refractivity contribution in [3.05, 3.63) is 11.6 Å². The molecule has 5 fully saturated rings. The number of aliphatic hydroxyl groups excluding tert-OH is 7. The van der Waals surface area contributed by atoms with Crippen molar-refractivity contribution in [2.75, 3.05) is 19.8 Å². The summed E-state index contributed by atoms with van der Waals surface area (Å²) in [4.78, 5) is 13.8. The van der Waals surface area contributed by atoms with Crippen LogP contribution in [0.2, 0.25) is 0 Å². The standard InChI is InChI=1S/C35H56O10/c1-31(2)10-8-18-19(12-31)20-6-7-24-32(3)13-22(40)29(45-30-28(43)27(42)26(41)23(15-36)44-30)35(16-37,17-38)25(32)9-11-33(24,4)34(20,5)14-21(18)39/h6,18-19,22-30,36-38,40-43H,7-17H2,1-5H3. The first-order valence-corrected chi connectivity index (χ1v) is 17.1. The molecule has 0 spiro atoms. The molecule has 0 radical (unpaired) electrons. The highest BCUT2D eigenvalue weighted by Gasteiger charge is 2.71. The smallest absolute Gasteiger partial charge is 0.187 e. The van der Waals surface area contributed by atoms with Gasteiger partial charge in [-0.15, -0.1) is 0 Å². The van der Waals surface area contributed by atoms with Crippen LogP contribution in [-0.2, 0) is 14.3 Å². The van der Waals surface area contributed by atoms with E-state index in [4.69, 9.17) is 9.47 Å². The monoisotopic (exact) mass is 636 g/mol. The molecule has 4 saturated carbocycles. The molecular formula is C35H56O10. The van der Waals surface area contributed by atoms with Gasteiger partial charge in [-0.25, -0.2) is 0 Å². The van der Waals surface area contributed by atoms with Crippen LogP contribution in [0.1, 0.15) is 86.0 Å². The van der Waals surface area contributed by atoms with Gasteiger partial charge in [-0.1, -0.05) is 46.3 Å². The van der Waals surface area contributed by atoms with Crippen molar-refractivity contribution < 1.29 is 50.0 Å². The van der Waals surface area contributed by atoms with E-state index in [0.29, 0.717) is 25.0 Å². The predicted molar refractivity (Wildman–Crippen MR) is 163 cm³/mol. The first-order chi connectivity index (χ1) is 21.0. The Morgan fingerprint density at radius 1 is 0.867 bits per heavy atom. The van der Waals surface area contributed by atoms with Crippen molar-refractivity contribution in [3.63, 3.8) is 0 Å². The first-order valence-electron chi connectivity index (χ1n) is 17.1. The molecule has 5 aliphatic carbocycles. The largest absolute Gasteiger partial charge is 0.396 e. The second kappa shape index (κ2) is 11.3. The molecule has 0 aromatic rings. The van der Waals surface area contributed by atoms with Crippen LogP contribution in [0.4, 0.5) is 0 Å². The number of ether oxygens (including phenoxy) is 2. The van der Waals surface area contributed by atoms with Crippen LogP contribution in [0, 0.1) is 50.7 Å². The number of ketones is 1. The summed E-state index contributed by atoms with van der Waals surface area (Å²) in [6.07, 6.45) is -1.40. The number of fused-ring (bicyclic) bond motifs is 7. The number of aliphatic hydroxyl groups is 7. The fourth-order valence-corrected chi connectivity index (χ4v) is 11.9. The fraction of sp³-hybridized carbons (Fsp3) is 0.914. The highest BCUT2D eigenvalue weighted by molar-refractivity contribution is 5.85. The van der Waals surface area contributed by atoms with Gasteiger partial charge in [0.15, 0.2) is 6.29 Å². The summed E-state index contributed by atoms with van der Waals surface area (Å²) in [6, 6.07) is 0. The van der Waals surface area contributed by atoms with Crippen LogP contribution in [0.25, 0.3) is 0 Å². The Balaban J connectivity index is 1.35. The molecule has 6 aliphatic rings. The number of carbonyl (C=O) groups is 1. The second-order valence-electron chi connectivity index (χ2n) is 17.1. The Morgan fingerprint density at radius 2 is 1.56 bits per heavy atom. The van der Waals surface area contributed by atoms with Crippen molar-refractivity contribution in [2.45, 2.75) is 129 Å². The third-order valence-electron chi connectivity index (χ3n) is 14.5. The van der Waals surface area contributed by atoms with Crippen molar-refractivity contribution >= 4 is 5.78 Å². The van der Waals surface area contributed by atoms with Crippen molar-refractivity contribution in [3.8, 4) is 0 Å². The average molecular weight is 637 g/mol.